The number of hydrogen-bond donors (Lipinski definition) is 3. The highest BCUT2D eigenvalue weighted by atomic mass is 79.9. The summed E-state index contributed by atoms with van der Waals surface area (Å²) in [5.74, 6) is -0.998. The molecule has 1 aromatic heterocycles. The third-order valence-electron chi connectivity index (χ3n) is 3.22. The fourth-order valence-corrected chi connectivity index (χ4v) is 2.57. The molecule has 0 radical (unpaired) electrons. The van der Waals surface area contributed by atoms with Gasteiger partial charge in [0.1, 0.15) is 5.69 Å². The smallest absolute Gasteiger partial charge is 0.307 e. The normalized spacial score (nSPS) is 10.2. The van der Waals surface area contributed by atoms with Crippen LogP contribution >= 0.6 is 31.9 Å². The maximum atomic E-state index is 12.1. The summed E-state index contributed by atoms with van der Waals surface area (Å²) >= 11 is 6.57. The van der Waals surface area contributed by atoms with Gasteiger partial charge in [-0.3, -0.25) is 14.4 Å². The van der Waals surface area contributed by atoms with Crippen LogP contribution in [0.1, 0.15) is 27.3 Å². The van der Waals surface area contributed by atoms with Crippen LogP contribution in [-0.4, -0.2) is 36.4 Å². The minimum absolute atomic E-state index is 0.109. The lowest BCUT2D eigenvalue weighted by molar-refractivity contribution is -0.140. The van der Waals surface area contributed by atoms with Crippen LogP contribution in [0.5, 0.6) is 0 Å². The first kappa shape index (κ1) is 19.2. The van der Waals surface area contributed by atoms with Gasteiger partial charge in [0.05, 0.1) is 22.6 Å². The molecule has 0 spiro atoms. The van der Waals surface area contributed by atoms with Crippen LogP contribution in [0.2, 0.25) is 0 Å². The van der Waals surface area contributed by atoms with Gasteiger partial charge in [-0.1, -0.05) is 0 Å². The number of carbonyl (C=O) groups excluding carboxylic acids is 3. The van der Waals surface area contributed by atoms with E-state index in [1.54, 1.807) is 30.3 Å². The molecule has 1 aromatic carbocycles. The molecule has 0 saturated carbocycles. The van der Waals surface area contributed by atoms with Gasteiger partial charge >= 0.3 is 5.97 Å². The number of anilines is 1. The number of ether oxygens (including phenoxy) is 1. The zero-order valence-electron chi connectivity index (χ0n) is 13.2. The van der Waals surface area contributed by atoms with Gasteiger partial charge in [-0.05, 0) is 62.2 Å². The van der Waals surface area contributed by atoms with E-state index in [-0.39, 0.29) is 30.7 Å². The molecule has 0 bridgehead atoms. The Morgan fingerprint density at radius 3 is 2.36 bits per heavy atom. The zero-order chi connectivity index (χ0) is 18.4. The van der Waals surface area contributed by atoms with Crippen molar-refractivity contribution in [2.75, 3.05) is 19.0 Å². The highest BCUT2D eigenvalue weighted by Crippen LogP contribution is 2.23. The van der Waals surface area contributed by atoms with E-state index in [0.29, 0.717) is 21.5 Å². The van der Waals surface area contributed by atoms with E-state index in [2.05, 4.69) is 52.2 Å². The van der Waals surface area contributed by atoms with Crippen molar-refractivity contribution in [3.8, 4) is 0 Å². The maximum absolute atomic E-state index is 12.1. The molecule has 7 nitrogen and oxygen atoms in total. The number of aromatic amines is 1. The van der Waals surface area contributed by atoms with Crippen LogP contribution in [0.3, 0.4) is 0 Å². The SMILES string of the molecule is COC(=O)CCNC(=O)c1ccc(NC(=O)c2cc(Br)c(Br)[nH]2)cc1. The standard InChI is InChI=1S/C16H15Br2N3O4/c1-25-13(22)6-7-19-15(23)9-2-4-10(5-3-9)20-16(24)12-8-11(17)14(18)21-12/h2-5,8,21H,6-7H2,1H3,(H,19,23)(H,20,24). The Bertz CT molecular complexity index is 768. The lowest BCUT2D eigenvalue weighted by Crippen LogP contribution is -2.26. The van der Waals surface area contributed by atoms with E-state index in [1.165, 1.54) is 7.11 Å². The average Bonchev–Trinajstić information content (AvgIpc) is 2.94. The number of carbonyl (C=O) groups is 3. The number of aromatic nitrogens is 1. The Labute approximate surface area is 160 Å². The van der Waals surface area contributed by atoms with Crippen LogP contribution < -0.4 is 10.6 Å². The molecule has 3 N–H and O–H groups in total. The van der Waals surface area contributed by atoms with Crippen molar-refractivity contribution in [3.05, 3.63) is 50.7 Å². The number of nitrogens with one attached hydrogen (secondary N) is 3. The van der Waals surface area contributed by atoms with Gasteiger partial charge in [0.2, 0.25) is 0 Å². The Morgan fingerprint density at radius 1 is 1.12 bits per heavy atom. The van der Waals surface area contributed by atoms with Crippen molar-refractivity contribution >= 4 is 55.3 Å². The third-order valence-corrected chi connectivity index (χ3v) is 5.00. The van der Waals surface area contributed by atoms with Gasteiger partial charge in [0.25, 0.3) is 11.8 Å². The van der Waals surface area contributed by atoms with Gasteiger partial charge in [-0.25, -0.2) is 0 Å². The van der Waals surface area contributed by atoms with Gasteiger partial charge in [-0.2, -0.15) is 0 Å². The number of amides is 2. The van der Waals surface area contributed by atoms with Crippen molar-refractivity contribution in [2.45, 2.75) is 6.42 Å². The molecule has 0 atom stereocenters. The van der Waals surface area contributed by atoms with Crippen molar-refractivity contribution < 1.29 is 19.1 Å². The van der Waals surface area contributed by atoms with Crippen LogP contribution in [0.25, 0.3) is 0 Å². The van der Waals surface area contributed by atoms with Gasteiger partial charge in [-0.15, -0.1) is 0 Å². The summed E-state index contributed by atoms with van der Waals surface area (Å²) in [5, 5.41) is 5.34. The van der Waals surface area contributed by atoms with Crippen molar-refractivity contribution in [1.82, 2.24) is 10.3 Å². The average molecular weight is 473 g/mol. The molecule has 132 valence electrons. The fourth-order valence-electron chi connectivity index (χ4n) is 1.91. The summed E-state index contributed by atoms with van der Waals surface area (Å²) < 4.78 is 5.92. The molecule has 0 aliphatic carbocycles. The lowest BCUT2D eigenvalue weighted by atomic mass is 10.2. The largest absolute Gasteiger partial charge is 0.469 e. The number of halogens is 2. The van der Waals surface area contributed by atoms with Crippen molar-refractivity contribution in [2.24, 2.45) is 0 Å². The Hall–Kier alpha value is -2.13. The van der Waals surface area contributed by atoms with E-state index in [4.69, 9.17) is 0 Å². The van der Waals surface area contributed by atoms with Gasteiger partial charge in [0.15, 0.2) is 0 Å². The second-order valence-corrected chi connectivity index (χ2v) is 6.61. The highest BCUT2D eigenvalue weighted by Gasteiger charge is 2.12. The number of H-pyrrole nitrogens is 1. The maximum Gasteiger partial charge on any atom is 0.307 e. The first-order chi connectivity index (χ1) is 11.9. The first-order valence-corrected chi connectivity index (χ1v) is 8.79. The Morgan fingerprint density at radius 2 is 1.80 bits per heavy atom. The molecule has 9 heteroatoms. The molecular formula is C16H15Br2N3O4. The van der Waals surface area contributed by atoms with Crippen LogP contribution in [-0.2, 0) is 9.53 Å². The van der Waals surface area contributed by atoms with Gasteiger partial charge < -0.3 is 20.4 Å². The number of rotatable bonds is 6. The van der Waals surface area contributed by atoms with E-state index < -0.39 is 0 Å². The molecular weight excluding hydrogens is 458 g/mol. The molecule has 2 aromatic rings. The molecule has 0 fully saturated rings. The lowest BCUT2D eigenvalue weighted by Gasteiger charge is -2.07. The zero-order valence-corrected chi connectivity index (χ0v) is 16.4. The van der Waals surface area contributed by atoms with E-state index in [1.807, 2.05) is 0 Å². The molecule has 0 aliphatic heterocycles. The minimum Gasteiger partial charge on any atom is -0.469 e. The Balaban J connectivity index is 1.91. The van der Waals surface area contributed by atoms with E-state index in [9.17, 15) is 14.4 Å². The van der Waals surface area contributed by atoms with Crippen molar-refractivity contribution in [1.29, 1.82) is 0 Å². The second kappa shape index (κ2) is 8.82. The number of benzene rings is 1. The third kappa shape index (κ3) is 5.43. The molecule has 2 amide bonds. The van der Waals surface area contributed by atoms with E-state index in [0.717, 1.165) is 4.47 Å². The second-order valence-electron chi connectivity index (χ2n) is 4.96. The minimum atomic E-state index is -0.388. The summed E-state index contributed by atoms with van der Waals surface area (Å²) in [6, 6.07) is 8.08. The predicted molar refractivity (Wildman–Crippen MR) is 99.6 cm³/mol. The van der Waals surface area contributed by atoms with Crippen LogP contribution in [0.4, 0.5) is 5.69 Å². The summed E-state index contributed by atoms with van der Waals surface area (Å²) in [6.45, 7) is 0.195. The highest BCUT2D eigenvalue weighted by molar-refractivity contribution is 9.13. The predicted octanol–water partition coefficient (Wildman–Crippen LogP) is 3.08. The van der Waals surface area contributed by atoms with Crippen molar-refractivity contribution in [3.63, 3.8) is 0 Å². The molecule has 1 heterocycles. The molecule has 25 heavy (non-hydrogen) atoms. The summed E-state index contributed by atoms with van der Waals surface area (Å²) in [6.07, 6.45) is 0.109. The fraction of sp³-hybridized carbons (Fsp3) is 0.188. The monoisotopic (exact) mass is 471 g/mol. The summed E-state index contributed by atoms with van der Waals surface area (Å²) in [7, 11) is 1.29. The summed E-state index contributed by atoms with van der Waals surface area (Å²) in [4.78, 5) is 38.0. The molecule has 0 unspecified atom stereocenters. The first-order valence-electron chi connectivity index (χ1n) is 7.21. The number of hydrogen-bond acceptors (Lipinski definition) is 4. The molecule has 2 rings (SSSR count). The quantitative estimate of drug-likeness (QED) is 0.562. The van der Waals surface area contributed by atoms with Crippen LogP contribution in [0.15, 0.2) is 39.4 Å². The topological polar surface area (TPSA) is 100 Å². The van der Waals surface area contributed by atoms with Crippen LogP contribution in [0, 0.1) is 0 Å². The van der Waals surface area contributed by atoms with Gasteiger partial charge in [0, 0.05) is 17.8 Å². The number of esters is 1. The summed E-state index contributed by atoms with van der Waals surface area (Å²) in [5.41, 5.74) is 1.37. The molecule has 0 aliphatic rings. The molecule has 0 saturated heterocycles. The number of methoxy groups -OCH3 is 1. The Kier molecular flexibility index (Phi) is 6.77. The van der Waals surface area contributed by atoms with E-state index >= 15 is 0 Å².